The number of hydrogen-bond donors (Lipinski definition) is 3. The van der Waals surface area contributed by atoms with Crippen LogP contribution in [-0.4, -0.2) is 62.9 Å². The van der Waals surface area contributed by atoms with Gasteiger partial charge in [-0.1, -0.05) is 0 Å². The number of carbonyl (C=O) groups is 3. The molecular weight excluding hydrogens is 268 g/mol. The van der Waals surface area contributed by atoms with E-state index in [1.807, 2.05) is 0 Å². The number of carbonyl (C=O) groups excluding carboxylic acids is 2. The van der Waals surface area contributed by atoms with Crippen molar-refractivity contribution in [2.75, 3.05) is 40.0 Å². The largest absolute Gasteiger partial charge is 0.481 e. The first-order valence-electron chi connectivity index (χ1n) is 6.38. The Bertz CT molecular complexity index is 308. The van der Waals surface area contributed by atoms with E-state index in [9.17, 15) is 14.4 Å². The van der Waals surface area contributed by atoms with E-state index >= 15 is 0 Å². The number of nitrogens with one attached hydrogen (secondary N) is 2. The van der Waals surface area contributed by atoms with Gasteiger partial charge in [0.2, 0.25) is 11.8 Å². The van der Waals surface area contributed by atoms with Gasteiger partial charge in [0.05, 0.1) is 26.2 Å². The Morgan fingerprint density at radius 1 is 0.900 bits per heavy atom. The molecule has 0 rings (SSSR count). The molecule has 0 saturated heterocycles. The molecule has 0 saturated carbocycles. The minimum Gasteiger partial charge on any atom is -0.481 e. The summed E-state index contributed by atoms with van der Waals surface area (Å²) in [6.07, 6.45) is -0.141. The van der Waals surface area contributed by atoms with Crippen molar-refractivity contribution >= 4 is 17.8 Å². The average Bonchev–Trinajstić information content (AvgIpc) is 2.40. The third kappa shape index (κ3) is 12.8. The fourth-order valence-corrected chi connectivity index (χ4v) is 1.22. The van der Waals surface area contributed by atoms with Crippen molar-refractivity contribution in [1.82, 2.24) is 10.6 Å². The second kappa shape index (κ2) is 12.4. The van der Waals surface area contributed by atoms with E-state index in [4.69, 9.17) is 14.6 Å². The summed E-state index contributed by atoms with van der Waals surface area (Å²) in [6, 6.07) is 0. The lowest BCUT2D eigenvalue weighted by molar-refractivity contribution is -0.138. The van der Waals surface area contributed by atoms with E-state index in [2.05, 4.69) is 10.6 Å². The predicted octanol–water partition coefficient (Wildman–Crippen LogP) is -0.863. The maximum absolute atomic E-state index is 11.3. The van der Waals surface area contributed by atoms with E-state index in [0.717, 1.165) is 0 Å². The van der Waals surface area contributed by atoms with Crippen LogP contribution in [0.5, 0.6) is 0 Å². The molecule has 0 aliphatic heterocycles. The number of amides is 2. The zero-order chi connectivity index (χ0) is 15.2. The Hall–Kier alpha value is -1.67. The Morgan fingerprint density at radius 3 is 2.20 bits per heavy atom. The number of ether oxygens (including phenoxy) is 2. The van der Waals surface area contributed by atoms with Crippen molar-refractivity contribution in [2.45, 2.75) is 19.3 Å². The Kier molecular flexibility index (Phi) is 11.3. The van der Waals surface area contributed by atoms with Crippen LogP contribution < -0.4 is 10.6 Å². The lowest BCUT2D eigenvalue weighted by Crippen LogP contribution is -2.32. The molecule has 0 unspecified atom stereocenters. The summed E-state index contributed by atoms with van der Waals surface area (Å²) >= 11 is 0. The quantitative estimate of drug-likeness (QED) is 0.403. The highest BCUT2D eigenvalue weighted by Gasteiger charge is 2.06. The highest BCUT2D eigenvalue weighted by molar-refractivity contribution is 5.81. The summed E-state index contributed by atoms with van der Waals surface area (Å²) in [5.74, 6) is -1.59. The topological polar surface area (TPSA) is 114 Å². The van der Waals surface area contributed by atoms with Gasteiger partial charge in [-0.15, -0.1) is 0 Å². The van der Waals surface area contributed by atoms with Gasteiger partial charge >= 0.3 is 5.97 Å². The number of carboxylic acid groups (broad SMARTS) is 1. The number of carboxylic acids is 1. The number of hydrogen-bond acceptors (Lipinski definition) is 5. The van der Waals surface area contributed by atoms with Crippen LogP contribution in [0.25, 0.3) is 0 Å². The lowest BCUT2D eigenvalue weighted by Gasteiger charge is -2.07. The monoisotopic (exact) mass is 290 g/mol. The fraction of sp³-hybridized carbons (Fsp3) is 0.750. The molecule has 0 aliphatic carbocycles. The van der Waals surface area contributed by atoms with Crippen molar-refractivity contribution in [2.24, 2.45) is 0 Å². The molecule has 0 atom stereocenters. The molecule has 0 aromatic rings. The van der Waals surface area contributed by atoms with E-state index in [0.29, 0.717) is 26.4 Å². The molecule has 0 aromatic heterocycles. The van der Waals surface area contributed by atoms with Crippen LogP contribution in [0.4, 0.5) is 0 Å². The van der Waals surface area contributed by atoms with Crippen LogP contribution in [0.3, 0.4) is 0 Å². The molecule has 0 spiro atoms. The van der Waals surface area contributed by atoms with E-state index < -0.39 is 5.97 Å². The van der Waals surface area contributed by atoms with Gasteiger partial charge in [-0.3, -0.25) is 14.4 Å². The first-order valence-corrected chi connectivity index (χ1v) is 6.38. The van der Waals surface area contributed by atoms with Crippen molar-refractivity contribution in [3.63, 3.8) is 0 Å². The number of aliphatic carboxylic acids is 1. The molecule has 0 fully saturated rings. The van der Waals surface area contributed by atoms with Gasteiger partial charge in [-0.2, -0.15) is 0 Å². The maximum atomic E-state index is 11.3. The SMILES string of the molecule is COCCOCCNC(=O)CCNC(=O)CCC(=O)O. The molecule has 20 heavy (non-hydrogen) atoms. The Labute approximate surface area is 117 Å². The van der Waals surface area contributed by atoms with Gasteiger partial charge < -0.3 is 25.2 Å². The Balaban J connectivity index is 3.40. The third-order valence-electron chi connectivity index (χ3n) is 2.24. The van der Waals surface area contributed by atoms with Gasteiger partial charge in [0.25, 0.3) is 0 Å². The van der Waals surface area contributed by atoms with Crippen LogP contribution in [0.1, 0.15) is 19.3 Å². The number of rotatable bonds is 12. The predicted molar refractivity (Wildman–Crippen MR) is 70.2 cm³/mol. The molecule has 8 heteroatoms. The molecule has 0 heterocycles. The summed E-state index contributed by atoms with van der Waals surface area (Å²) in [4.78, 5) is 32.7. The maximum Gasteiger partial charge on any atom is 0.303 e. The van der Waals surface area contributed by atoms with Crippen LogP contribution in [0.15, 0.2) is 0 Å². The first-order chi connectivity index (χ1) is 9.56. The van der Waals surface area contributed by atoms with Crippen LogP contribution >= 0.6 is 0 Å². The van der Waals surface area contributed by atoms with Crippen LogP contribution in [0, 0.1) is 0 Å². The fourth-order valence-electron chi connectivity index (χ4n) is 1.22. The zero-order valence-electron chi connectivity index (χ0n) is 11.6. The smallest absolute Gasteiger partial charge is 0.303 e. The van der Waals surface area contributed by atoms with Crippen molar-refractivity contribution < 1.29 is 29.0 Å². The van der Waals surface area contributed by atoms with Crippen molar-refractivity contribution in [3.8, 4) is 0 Å². The van der Waals surface area contributed by atoms with E-state index in [1.165, 1.54) is 0 Å². The van der Waals surface area contributed by atoms with Gasteiger partial charge in [-0.25, -0.2) is 0 Å². The summed E-state index contributed by atoms with van der Waals surface area (Å²) in [5, 5.41) is 13.5. The highest BCUT2D eigenvalue weighted by atomic mass is 16.5. The van der Waals surface area contributed by atoms with E-state index in [1.54, 1.807) is 7.11 Å². The average molecular weight is 290 g/mol. The van der Waals surface area contributed by atoms with Gasteiger partial charge in [-0.05, 0) is 0 Å². The summed E-state index contributed by atoms with van der Waals surface area (Å²) in [6.45, 7) is 1.98. The molecule has 0 bridgehead atoms. The molecule has 0 aliphatic rings. The van der Waals surface area contributed by atoms with Gasteiger partial charge in [0.15, 0.2) is 0 Å². The normalized spacial score (nSPS) is 10.1. The second-order valence-electron chi connectivity index (χ2n) is 3.95. The standard InChI is InChI=1S/C12H22N2O6/c1-19-8-9-20-7-6-14-11(16)4-5-13-10(15)2-3-12(17)18/h2-9H2,1H3,(H,13,15)(H,14,16)(H,17,18). The number of methoxy groups -OCH3 is 1. The highest BCUT2D eigenvalue weighted by Crippen LogP contribution is 1.88. The minimum atomic E-state index is -1.02. The molecular formula is C12H22N2O6. The van der Waals surface area contributed by atoms with E-state index in [-0.39, 0.29) is 37.6 Å². The Morgan fingerprint density at radius 2 is 1.55 bits per heavy atom. The summed E-state index contributed by atoms with van der Waals surface area (Å²) in [5.41, 5.74) is 0. The zero-order valence-corrected chi connectivity index (χ0v) is 11.6. The second-order valence-corrected chi connectivity index (χ2v) is 3.95. The van der Waals surface area contributed by atoms with Crippen molar-refractivity contribution in [3.05, 3.63) is 0 Å². The van der Waals surface area contributed by atoms with Gasteiger partial charge in [0.1, 0.15) is 0 Å². The van der Waals surface area contributed by atoms with Crippen LogP contribution in [-0.2, 0) is 23.9 Å². The first kappa shape index (κ1) is 18.3. The molecule has 3 N–H and O–H groups in total. The molecule has 2 amide bonds. The van der Waals surface area contributed by atoms with Crippen LogP contribution in [0.2, 0.25) is 0 Å². The molecule has 116 valence electrons. The molecule has 8 nitrogen and oxygen atoms in total. The molecule has 0 radical (unpaired) electrons. The third-order valence-corrected chi connectivity index (χ3v) is 2.24. The van der Waals surface area contributed by atoms with Gasteiger partial charge in [0, 0.05) is 33.0 Å². The summed E-state index contributed by atoms with van der Waals surface area (Å²) < 4.78 is 9.95. The molecule has 0 aromatic carbocycles. The summed E-state index contributed by atoms with van der Waals surface area (Å²) in [7, 11) is 1.58. The van der Waals surface area contributed by atoms with Crippen molar-refractivity contribution in [1.29, 1.82) is 0 Å². The lowest BCUT2D eigenvalue weighted by atomic mass is 10.3. The minimum absolute atomic E-state index is 0.0791.